The highest BCUT2D eigenvalue weighted by atomic mass is 32.1. The van der Waals surface area contributed by atoms with Crippen LogP contribution in [-0.4, -0.2) is 11.0 Å². The van der Waals surface area contributed by atoms with Gasteiger partial charge in [0.15, 0.2) is 0 Å². The Kier molecular flexibility index (Phi) is 3.98. The predicted octanol–water partition coefficient (Wildman–Crippen LogP) is 3.68. The Bertz CT molecular complexity index is 334. The molecule has 3 heteroatoms. The molecule has 0 aromatic carbocycles. The summed E-state index contributed by atoms with van der Waals surface area (Å²) in [6.07, 6.45) is 7.53. The van der Waals surface area contributed by atoms with Crippen LogP contribution in [0.3, 0.4) is 0 Å². The van der Waals surface area contributed by atoms with Gasteiger partial charge in [0, 0.05) is 23.2 Å². The van der Waals surface area contributed by atoms with Gasteiger partial charge < -0.3 is 5.32 Å². The molecule has 0 spiro atoms. The van der Waals surface area contributed by atoms with E-state index in [0.717, 1.165) is 5.92 Å². The summed E-state index contributed by atoms with van der Waals surface area (Å²) in [4.78, 5) is 5.70. The molecule has 3 atom stereocenters. The van der Waals surface area contributed by atoms with Gasteiger partial charge in [-0.2, -0.15) is 0 Å². The largest absolute Gasteiger partial charge is 0.306 e. The topological polar surface area (TPSA) is 24.9 Å². The number of rotatable bonds is 3. The van der Waals surface area contributed by atoms with Crippen molar-refractivity contribution in [3.63, 3.8) is 0 Å². The molecule has 1 N–H and O–H groups in total. The molecule has 2 rings (SSSR count). The van der Waals surface area contributed by atoms with Gasteiger partial charge in [-0.15, -0.1) is 11.3 Å². The summed E-state index contributed by atoms with van der Waals surface area (Å²) in [7, 11) is 0. The van der Waals surface area contributed by atoms with Crippen LogP contribution in [-0.2, 0) is 0 Å². The first-order chi connectivity index (χ1) is 7.66. The fourth-order valence-electron chi connectivity index (χ4n) is 2.55. The van der Waals surface area contributed by atoms with Crippen molar-refractivity contribution in [3.8, 4) is 0 Å². The molecule has 3 unspecified atom stereocenters. The minimum absolute atomic E-state index is 0.455. The van der Waals surface area contributed by atoms with Crippen LogP contribution < -0.4 is 5.32 Å². The van der Waals surface area contributed by atoms with Gasteiger partial charge in [0.1, 0.15) is 0 Å². The van der Waals surface area contributed by atoms with Gasteiger partial charge in [-0.25, -0.2) is 4.98 Å². The molecule has 90 valence electrons. The fraction of sp³-hybridized carbons (Fsp3) is 0.769. The van der Waals surface area contributed by atoms with Crippen LogP contribution in [0, 0.1) is 12.8 Å². The number of thiazole rings is 1. The number of aromatic nitrogens is 1. The molecular formula is C13H22N2S. The first kappa shape index (κ1) is 12.1. The van der Waals surface area contributed by atoms with E-state index in [9.17, 15) is 0 Å². The lowest BCUT2D eigenvalue weighted by Gasteiger charge is -2.31. The molecule has 2 nitrogen and oxygen atoms in total. The van der Waals surface area contributed by atoms with Crippen molar-refractivity contribution >= 4 is 11.3 Å². The van der Waals surface area contributed by atoms with E-state index in [1.54, 1.807) is 0 Å². The summed E-state index contributed by atoms with van der Waals surface area (Å²) in [6, 6.07) is 1.16. The Morgan fingerprint density at radius 1 is 1.44 bits per heavy atom. The van der Waals surface area contributed by atoms with Crippen molar-refractivity contribution in [3.05, 3.63) is 16.1 Å². The Morgan fingerprint density at radius 3 is 2.81 bits per heavy atom. The number of nitrogens with zero attached hydrogens (tertiary/aromatic N) is 1. The number of nitrogens with one attached hydrogen (secondary N) is 1. The predicted molar refractivity (Wildman–Crippen MR) is 69.8 cm³/mol. The minimum Gasteiger partial charge on any atom is -0.306 e. The third-order valence-corrected chi connectivity index (χ3v) is 4.74. The van der Waals surface area contributed by atoms with Crippen LogP contribution >= 0.6 is 11.3 Å². The lowest BCUT2D eigenvalue weighted by molar-refractivity contribution is 0.264. The van der Waals surface area contributed by atoms with E-state index in [1.807, 2.05) is 17.5 Å². The molecule has 1 heterocycles. The fourth-order valence-corrected chi connectivity index (χ4v) is 3.34. The van der Waals surface area contributed by atoms with E-state index >= 15 is 0 Å². The molecule has 1 aromatic rings. The van der Waals surface area contributed by atoms with Crippen molar-refractivity contribution in [1.29, 1.82) is 0 Å². The van der Waals surface area contributed by atoms with Gasteiger partial charge in [0.25, 0.3) is 0 Å². The van der Waals surface area contributed by atoms with Gasteiger partial charge in [-0.1, -0.05) is 19.8 Å². The van der Waals surface area contributed by atoms with E-state index in [-0.39, 0.29) is 0 Å². The van der Waals surface area contributed by atoms with E-state index in [0.29, 0.717) is 12.1 Å². The van der Waals surface area contributed by atoms with Crippen LogP contribution in [0.25, 0.3) is 0 Å². The highest BCUT2D eigenvalue weighted by molar-refractivity contribution is 7.11. The van der Waals surface area contributed by atoms with Crippen LogP contribution in [0.15, 0.2) is 6.20 Å². The maximum atomic E-state index is 4.33. The molecule has 1 aliphatic carbocycles. The van der Waals surface area contributed by atoms with Gasteiger partial charge >= 0.3 is 0 Å². The molecule has 0 bridgehead atoms. The van der Waals surface area contributed by atoms with Crippen molar-refractivity contribution in [2.24, 2.45) is 5.92 Å². The summed E-state index contributed by atoms with van der Waals surface area (Å²) in [6.45, 7) is 6.71. The zero-order chi connectivity index (χ0) is 11.5. The van der Waals surface area contributed by atoms with Crippen molar-refractivity contribution in [2.75, 3.05) is 0 Å². The lowest BCUT2D eigenvalue weighted by Crippen LogP contribution is -2.38. The Morgan fingerprint density at radius 2 is 2.19 bits per heavy atom. The highest BCUT2D eigenvalue weighted by Crippen LogP contribution is 2.27. The van der Waals surface area contributed by atoms with Crippen molar-refractivity contribution in [2.45, 2.75) is 58.5 Å². The number of hydrogen-bond acceptors (Lipinski definition) is 3. The van der Waals surface area contributed by atoms with Crippen molar-refractivity contribution in [1.82, 2.24) is 10.3 Å². The summed E-state index contributed by atoms with van der Waals surface area (Å²) in [5, 5.41) is 4.94. The lowest BCUT2D eigenvalue weighted by atomic mass is 9.85. The highest BCUT2D eigenvalue weighted by Gasteiger charge is 2.23. The quantitative estimate of drug-likeness (QED) is 0.869. The molecular weight excluding hydrogens is 216 g/mol. The Hall–Kier alpha value is -0.410. The smallest absolute Gasteiger partial charge is 0.0897 e. The molecule has 1 fully saturated rings. The van der Waals surface area contributed by atoms with Gasteiger partial charge in [-0.3, -0.25) is 0 Å². The molecule has 0 aliphatic heterocycles. The van der Waals surface area contributed by atoms with E-state index in [2.05, 4.69) is 31.1 Å². The van der Waals surface area contributed by atoms with Crippen molar-refractivity contribution < 1.29 is 0 Å². The molecule has 1 aliphatic rings. The molecule has 0 saturated heterocycles. The summed E-state index contributed by atoms with van der Waals surface area (Å²) < 4.78 is 0. The number of aryl methyl sites for hydroxylation is 1. The second-order valence-electron chi connectivity index (χ2n) is 5.04. The normalized spacial score (nSPS) is 27.9. The van der Waals surface area contributed by atoms with Crippen LogP contribution in [0.2, 0.25) is 0 Å². The zero-order valence-corrected chi connectivity index (χ0v) is 11.3. The number of hydrogen-bond donors (Lipinski definition) is 1. The average Bonchev–Trinajstić information content (AvgIpc) is 2.68. The van der Waals surface area contributed by atoms with Crippen LogP contribution in [0.5, 0.6) is 0 Å². The molecule has 1 aromatic heterocycles. The average molecular weight is 238 g/mol. The summed E-state index contributed by atoms with van der Waals surface area (Å²) in [5.74, 6) is 0.824. The van der Waals surface area contributed by atoms with E-state index in [4.69, 9.17) is 0 Å². The van der Waals surface area contributed by atoms with E-state index < -0.39 is 0 Å². The second-order valence-corrected chi connectivity index (χ2v) is 6.30. The van der Waals surface area contributed by atoms with Gasteiger partial charge in [0.2, 0.25) is 0 Å². The standard InChI is InChI=1S/C13H22N2S/c1-9-6-4-5-7-12(9)15-10(2)13-8-14-11(3)16-13/h8-10,12,15H,4-7H2,1-3H3. The van der Waals surface area contributed by atoms with E-state index in [1.165, 1.54) is 35.6 Å². The molecule has 0 radical (unpaired) electrons. The monoisotopic (exact) mass is 238 g/mol. The molecule has 1 saturated carbocycles. The molecule has 16 heavy (non-hydrogen) atoms. The summed E-state index contributed by atoms with van der Waals surface area (Å²) in [5.41, 5.74) is 0. The minimum atomic E-state index is 0.455. The van der Waals surface area contributed by atoms with Gasteiger partial charge in [-0.05, 0) is 32.6 Å². The SMILES string of the molecule is Cc1ncc(C(C)NC2CCCCC2C)s1. The zero-order valence-electron chi connectivity index (χ0n) is 10.5. The Labute approximate surface area is 102 Å². The second kappa shape index (κ2) is 5.28. The van der Waals surface area contributed by atoms with Crippen LogP contribution in [0.4, 0.5) is 0 Å². The maximum absolute atomic E-state index is 4.33. The first-order valence-electron chi connectivity index (χ1n) is 6.35. The maximum Gasteiger partial charge on any atom is 0.0897 e. The van der Waals surface area contributed by atoms with Gasteiger partial charge in [0.05, 0.1) is 5.01 Å². The third kappa shape index (κ3) is 2.83. The summed E-state index contributed by atoms with van der Waals surface area (Å²) >= 11 is 1.81. The third-order valence-electron chi connectivity index (χ3n) is 3.64. The molecule has 0 amide bonds. The first-order valence-corrected chi connectivity index (χ1v) is 7.17. The van der Waals surface area contributed by atoms with Crippen LogP contribution in [0.1, 0.15) is 55.5 Å². The Balaban J connectivity index is 1.93.